The summed E-state index contributed by atoms with van der Waals surface area (Å²) in [5, 5.41) is 8.22. The van der Waals surface area contributed by atoms with E-state index in [0.29, 0.717) is 0 Å². The number of hydrogen-bond donors (Lipinski definition) is 1. The van der Waals surface area contributed by atoms with Gasteiger partial charge in [-0.3, -0.25) is 14.8 Å². The number of rotatable bonds is 4. The minimum absolute atomic E-state index is 0.196. The first-order valence-corrected chi connectivity index (χ1v) is 11.2. The fourth-order valence-corrected chi connectivity index (χ4v) is 5.70. The van der Waals surface area contributed by atoms with Crippen molar-refractivity contribution in [1.82, 2.24) is 29.5 Å². The van der Waals surface area contributed by atoms with Crippen molar-refractivity contribution in [2.24, 2.45) is 0 Å². The quantitative estimate of drug-likeness (QED) is 0.718. The van der Waals surface area contributed by atoms with Crippen LogP contribution >= 0.6 is 11.3 Å². The molecular weight excluding hydrogens is 384 g/mol. The number of fused-ring (bicyclic) bond motifs is 1. The Morgan fingerprint density at radius 1 is 1.14 bits per heavy atom. The van der Waals surface area contributed by atoms with E-state index >= 15 is 0 Å². The molecule has 0 radical (unpaired) electrons. The van der Waals surface area contributed by atoms with Crippen LogP contribution in [0.25, 0.3) is 5.00 Å². The smallest absolute Gasteiger partial charge is 0.257 e. The molecule has 0 atom stereocenters. The molecule has 152 valence electrons. The number of carbonyl (C=O) groups is 1. The molecule has 2 aliphatic rings. The van der Waals surface area contributed by atoms with E-state index in [-0.39, 0.29) is 5.91 Å². The molecule has 1 aliphatic heterocycles. The zero-order chi connectivity index (χ0) is 19.8. The van der Waals surface area contributed by atoms with Crippen molar-refractivity contribution in [3.05, 3.63) is 52.2 Å². The zero-order valence-electron chi connectivity index (χ0n) is 16.7. The molecule has 1 saturated heterocycles. The molecule has 3 aromatic rings. The van der Waals surface area contributed by atoms with Crippen LogP contribution in [-0.2, 0) is 19.4 Å². The molecule has 3 aromatic heterocycles. The monoisotopic (exact) mass is 410 g/mol. The molecule has 0 aromatic carbocycles. The number of aromatic nitrogens is 4. The first kappa shape index (κ1) is 18.6. The van der Waals surface area contributed by atoms with Crippen molar-refractivity contribution in [2.45, 2.75) is 39.2 Å². The molecular formula is C21H26N6OS. The third-order valence-corrected chi connectivity index (χ3v) is 7.18. The molecule has 29 heavy (non-hydrogen) atoms. The van der Waals surface area contributed by atoms with Gasteiger partial charge in [0.2, 0.25) is 0 Å². The third-order valence-electron chi connectivity index (χ3n) is 5.87. The van der Waals surface area contributed by atoms with E-state index in [4.69, 9.17) is 0 Å². The third kappa shape index (κ3) is 3.62. The predicted octanol–water partition coefficient (Wildman–Crippen LogP) is 2.80. The number of carbonyl (C=O) groups excluding carboxylic acids is 1. The standard InChI is InChI=1S/C21H26N6OS/c1-15-22-18(24-23-15)14-25-10-12-26(13-11-25)20(28)19-16-6-2-3-7-17(16)29-21(19)27-8-4-5-9-27/h4-5,8-9H,2-3,6-7,10-14H2,1H3,(H,22,23,24). The minimum atomic E-state index is 0.196. The average Bonchev–Trinajstić information content (AvgIpc) is 3.47. The number of aryl methyl sites for hydroxylation is 2. The normalized spacial score (nSPS) is 17.5. The Morgan fingerprint density at radius 2 is 1.90 bits per heavy atom. The minimum Gasteiger partial charge on any atom is -0.336 e. The summed E-state index contributed by atoms with van der Waals surface area (Å²) in [6.45, 7) is 5.84. The maximum atomic E-state index is 13.6. The van der Waals surface area contributed by atoms with E-state index in [2.05, 4.69) is 24.6 Å². The average molecular weight is 411 g/mol. The number of piperazine rings is 1. The van der Waals surface area contributed by atoms with Gasteiger partial charge in [-0.1, -0.05) is 0 Å². The van der Waals surface area contributed by atoms with E-state index in [0.717, 1.165) is 67.8 Å². The van der Waals surface area contributed by atoms with Crippen LogP contribution in [0.2, 0.25) is 0 Å². The number of thiophene rings is 1. The number of amides is 1. The van der Waals surface area contributed by atoms with Crippen LogP contribution in [0.4, 0.5) is 0 Å². The van der Waals surface area contributed by atoms with Gasteiger partial charge < -0.3 is 9.47 Å². The lowest BCUT2D eigenvalue weighted by Crippen LogP contribution is -2.48. The Kier molecular flexibility index (Phi) is 4.97. The molecule has 4 heterocycles. The molecule has 1 amide bonds. The van der Waals surface area contributed by atoms with Gasteiger partial charge in [-0.15, -0.1) is 11.3 Å². The lowest BCUT2D eigenvalue weighted by molar-refractivity contribution is 0.0625. The van der Waals surface area contributed by atoms with E-state index in [1.807, 2.05) is 36.4 Å². The Hall–Kier alpha value is -2.45. The first-order chi connectivity index (χ1) is 14.2. The maximum Gasteiger partial charge on any atom is 0.257 e. The van der Waals surface area contributed by atoms with Crippen molar-refractivity contribution in [3.63, 3.8) is 0 Å². The molecule has 0 spiro atoms. The van der Waals surface area contributed by atoms with Crippen molar-refractivity contribution in [1.29, 1.82) is 0 Å². The SMILES string of the molecule is Cc1nc(CN2CCN(C(=O)c3c(-n4cccc4)sc4c3CCCC4)CC2)n[nH]1. The van der Waals surface area contributed by atoms with Gasteiger partial charge in [0.25, 0.3) is 5.91 Å². The van der Waals surface area contributed by atoms with Crippen molar-refractivity contribution in [3.8, 4) is 5.00 Å². The highest BCUT2D eigenvalue weighted by molar-refractivity contribution is 7.15. The molecule has 0 unspecified atom stereocenters. The summed E-state index contributed by atoms with van der Waals surface area (Å²) in [5.41, 5.74) is 2.24. The molecule has 1 fully saturated rings. The summed E-state index contributed by atoms with van der Waals surface area (Å²) >= 11 is 1.80. The lowest BCUT2D eigenvalue weighted by Gasteiger charge is -2.34. The van der Waals surface area contributed by atoms with Crippen LogP contribution in [-0.4, -0.2) is 61.6 Å². The van der Waals surface area contributed by atoms with Gasteiger partial charge >= 0.3 is 0 Å². The Labute approximate surface area is 174 Å². The number of nitrogens with zero attached hydrogens (tertiary/aromatic N) is 5. The van der Waals surface area contributed by atoms with E-state index < -0.39 is 0 Å². The molecule has 0 saturated carbocycles. The predicted molar refractivity (Wildman–Crippen MR) is 113 cm³/mol. The largest absolute Gasteiger partial charge is 0.336 e. The summed E-state index contributed by atoms with van der Waals surface area (Å²) in [7, 11) is 0. The molecule has 7 nitrogen and oxygen atoms in total. The summed E-state index contributed by atoms with van der Waals surface area (Å²) in [6, 6.07) is 4.05. The highest BCUT2D eigenvalue weighted by Gasteiger charge is 2.30. The van der Waals surface area contributed by atoms with Gasteiger partial charge in [0, 0.05) is 43.4 Å². The Morgan fingerprint density at radius 3 is 2.62 bits per heavy atom. The van der Waals surface area contributed by atoms with Gasteiger partial charge in [-0.2, -0.15) is 5.10 Å². The summed E-state index contributed by atoms with van der Waals surface area (Å²) in [4.78, 5) is 23.7. The topological polar surface area (TPSA) is 70.1 Å². The van der Waals surface area contributed by atoms with Crippen molar-refractivity contribution in [2.75, 3.05) is 26.2 Å². The second-order valence-corrected chi connectivity index (χ2v) is 8.97. The number of H-pyrrole nitrogens is 1. The lowest BCUT2D eigenvalue weighted by atomic mass is 9.95. The second kappa shape index (κ2) is 7.76. The number of aromatic amines is 1. The molecule has 1 aliphatic carbocycles. The molecule has 0 bridgehead atoms. The van der Waals surface area contributed by atoms with Crippen LogP contribution in [0.5, 0.6) is 0 Å². The number of nitrogens with one attached hydrogen (secondary N) is 1. The molecule has 5 rings (SSSR count). The maximum absolute atomic E-state index is 13.6. The fourth-order valence-electron chi connectivity index (χ4n) is 4.35. The zero-order valence-corrected chi connectivity index (χ0v) is 17.5. The van der Waals surface area contributed by atoms with Crippen LogP contribution in [0.1, 0.15) is 45.3 Å². The molecule has 1 N–H and O–H groups in total. The van der Waals surface area contributed by atoms with Gasteiger partial charge in [0.15, 0.2) is 5.82 Å². The van der Waals surface area contributed by atoms with Crippen LogP contribution < -0.4 is 0 Å². The van der Waals surface area contributed by atoms with Gasteiger partial charge in [0.1, 0.15) is 10.8 Å². The first-order valence-electron chi connectivity index (χ1n) is 10.4. The van der Waals surface area contributed by atoms with Crippen LogP contribution in [0.15, 0.2) is 24.5 Å². The Balaban J connectivity index is 1.34. The summed E-state index contributed by atoms with van der Waals surface area (Å²) < 4.78 is 2.11. The molecule has 8 heteroatoms. The highest BCUT2D eigenvalue weighted by atomic mass is 32.1. The van der Waals surface area contributed by atoms with Gasteiger partial charge in [0.05, 0.1) is 12.1 Å². The Bertz CT molecular complexity index is 997. The summed E-state index contributed by atoms with van der Waals surface area (Å²) in [6.07, 6.45) is 8.63. The van der Waals surface area contributed by atoms with Crippen molar-refractivity contribution >= 4 is 17.2 Å². The van der Waals surface area contributed by atoms with E-state index in [9.17, 15) is 4.79 Å². The van der Waals surface area contributed by atoms with E-state index in [1.165, 1.54) is 23.3 Å². The summed E-state index contributed by atoms with van der Waals surface area (Å²) in [5.74, 6) is 1.86. The van der Waals surface area contributed by atoms with Gasteiger partial charge in [-0.05, 0) is 50.3 Å². The number of hydrogen-bond acceptors (Lipinski definition) is 5. The van der Waals surface area contributed by atoms with Crippen molar-refractivity contribution < 1.29 is 4.79 Å². The van der Waals surface area contributed by atoms with Crippen LogP contribution in [0, 0.1) is 6.92 Å². The fraction of sp³-hybridized carbons (Fsp3) is 0.476. The van der Waals surface area contributed by atoms with Crippen LogP contribution in [0.3, 0.4) is 0 Å². The highest BCUT2D eigenvalue weighted by Crippen LogP contribution is 2.37. The van der Waals surface area contributed by atoms with Gasteiger partial charge in [-0.25, -0.2) is 4.98 Å². The second-order valence-electron chi connectivity index (χ2n) is 7.89. The van der Waals surface area contributed by atoms with E-state index in [1.54, 1.807) is 11.3 Å².